The summed E-state index contributed by atoms with van der Waals surface area (Å²) in [4.78, 5) is 8.15. The Hall–Kier alpha value is -1.29. The number of imidazole rings is 1. The van der Waals surface area contributed by atoms with E-state index in [0.717, 1.165) is 0 Å². The molecule has 0 atom stereocenters. The molecule has 2 aromatic rings. The topological polar surface area (TPSA) is 56.7 Å². The maximum atomic E-state index is 5.78. The van der Waals surface area contributed by atoms with Gasteiger partial charge in [0.2, 0.25) is 5.28 Å². The lowest BCUT2D eigenvalue weighted by molar-refractivity contribution is 0.932. The molecule has 2 N–H and O–H groups in total. The second-order valence-electron chi connectivity index (χ2n) is 2.51. The van der Waals surface area contributed by atoms with Gasteiger partial charge in [-0.2, -0.15) is 0 Å². The van der Waals surface area contributed by atoms with Crippen molar-refractivity contribution >= 4 is 28.5 Å². The molecule has 62 valence electrons. The molecule has 0 bridgehead atoms. The third-order valence-corrected chi connectivity index (χ3v) is 2.07. The molecular formula is C7H7ClN4. The van der Waals surface area contributed by atoms with Crippen molar-refractivity contribution in [2.24, 2.45) is 7.05 Å². The first-order chi connectivity index (χ1) is 5.70. The number of nitrogen functional groups attached to an aromatic ring is 1. The lowest BCUT2D eigenvalue weighted by Crippen LogP contribution is -1.91. The largest absolute Gasteiger partial charge is 0.397 e. The zero-order chi connectivity index (χ0) is 8.72. The third kappa shape index (κ3) is 0.848. The van der Waals surface area contributed by atoms with Crippen LogP contribution in [0.3, 0.4) is 0 Å². The highest BCUT2D eigenvalue weighted by Gasteiger charge is 2.07. The van der Waals surface area contributed by atoms with Crippen LogP contribution in [0.2, 0.25) is 5.28 Å². The Morgan fingerprint density at radius 1 is 1.58 bits per heavy atom. The van der Waals surface area contributed by atoms with Crippen molar-refractivity contribution in [3.63, 3.8) is 0 Å². The van der Waals surface area contributed by atoms with E-state index in [1.165, 1.54) is 0 Å². The van der Waals surface area contributed by atoms with Crippen LogP contribution in [-0.4, -0.2) is 14.5 Å². The Morgan fingerprint density at radius 3 is 3.00 bits per heavy atom. The van der Waals surface area contributed by atoms with Gasteiger partial charge in [0.25, 0.3) is 0 Å². The van der Waals surface area contributed by atoms with E-state index in [-0.39, 0.29) is 0 Å². The van der Waals surface area contributed by atoms with Crippen LogP contribution >= 0.6 is 11.6 Å². The molecule has 12 heavy (non-hydrogen) atoms. The zero-order valence-corrected chi connectivity index (χ0v) is 7.21. The first-order valence-corrected chi connectivity index (χ1v) is 3.80. The first kappa shape index (κ1) is 7.36. The second-order valence-corrected chi connectivity index (χ2v) is 2.85. The summed E-state index contributed by atoms with van der Waals surface area (Å²) in [5, 5.41) is 0.399. The molecule has 0 radical (unpaired) electrons. The van der Waals surface area contributed by atoms with E-state index in [0.29, 0.717) is 22.1 Å². The fourth-order valence-electron chi connectivity index (χ4n) is 1.07. The standard InChI is InChI=1S/C7H7ClN4/c1-12-6-5(11-7(12)8)4(9)2-3-10-6/h2-3H,1H3,(H2,9,10). The summed E-state index contributed by atoms with van der Waals surface area (Å²) in [7, 11) is 1.80. The Labute approximate surface area is 74.0 Å². The van der Waals surface area contributed by atoms with Crippen LogP contribution in [0.1, 0.15) is 0 Å². The molecule has 0 spiro atoms. The number of hydrogen-bond donors (Lipinski definition) is 1. The molecule has 0 aromatic carbocycles. The molecule has 0 amide bonds. The Kier molecular flexibility index (Phi) is 1.44. The summed E-state index contributed by atoms with van der Waals surface area (Å²) in [6.07, 6.45) is 1.63. The summed E-state index contributed by atoms with van der Waals surface area (Å²) < 4.78 is 1.69. The van der Waals surface area contributed by atoms with Gasteiger partial charge < -0.3 is 10.3 Å². The molecule has 0 aliphatic heterocycles. The van der Waals surface area contributed by atoms with Crippen LogP contribution in [0.25, 0.3) is 11.2 Å². The summed E-state index contributed by atoms with van der Waals surface area (Å²) in [5.74, 6) is 0. The summed E-state index contributed by atoms with van der Waals surface area (Å²) >= 11 is 5.78. The van der Waals surface area contributed by atoms with Crippen LogP contribution < -0.4 is 5.73 Å². The van der Waals surface area contributed by atoms with Gasteiger partial charge in [-0.05, 0) is 17.7 Å². The van der Waals surface area contributed by atoms with Crippen molar-refractivity contribution < 1.29 is 0 Å². The van der Waals surface area contributed by atoms with E-state index < -0.39 is 0 Å². The number of rotatable bonds is 0. The molecule has 0 fully saturated rings. The maximum absolute atomic E-state index is 5.78. The van der Waals surface area contributed by atoms with Crippen LogP contribution in [0.4, 0.5) is 5.69 Å². The smallest absolute Gasteiger partial charge is 0.204 e. The number of anilines is 1. The van der Waals surface area contributed by atoms with Gasteiger partial charge in [0, 0.05) is 13.2 Å². The van der Waals surface area contributed by atoms with Crippen molar-refractivity contribution in [3.8, 4) is 0 Å². The molecule has 4 nitrogen and oxygen atoms in total. The molecular weight excluding hydrogens is 176 g/mol. The van der Waals surface area contributed by atoms with Crippen molar-refractivity contribution in [1.29, 1.82) is 0 Å². The number of aromatic nitrogens is 3. The van der Waals surface area contributed by atoms with E-state index in [1.807, 2.05) is 0 Å². The Morgan fingerprint density at radius 2 is 2.33 bits per heavy atom. The van der Waals surface area contributed by atoms with Crippen molar-refractivity contribution in [3.05, 3.63) is 17.5 Å². The second kappa shape index (κ2) is 2.35. The summed E-state index contributed by atoms with van der Waals surface area (Å²) in [6.45, 7) is 0. The van der Waals surface area contributed by atoms with E-state index in [2.05, 4.69) is 9.97 Å². The first-order valence-electron chi connectivity index (χ1n) is 3.42. The van der Waals surface area contributed by atoms with Crippen molar-refractivity contribution in [2.75, 3.05) is 5.73 Å². The van der Waals surface area contributed by atoms with Crippen molar-refractivity contribution in [2.45, 2.75) is 0 Å². The third-order valence-electron chi connectivity index (χ3n) is 1.73. The maximum Gasteiger partial charge on any atom is 0.204 e. The predicted octanol–water partition coefficient (Wildman–Crippen LogP) is 1.20. The highest BCUT2D eigenvalue weighted by Crippen LogP contribution is 2.20. The highest BCUT2D eigenvalue weighted by atomic mass is 35.5. The fraction of sp³-hybridized carbons (Fsp3) is 0.143. The molecule has 0 saturated carbocycles. The lowest BCUT2D eigenvalue weighted by Gasteiger charge is -1.94. The number of aryl methyl sites for hydroxylation is 1. The lowest BCUT2D eigenvalue weighted by atomic mass is 10.4. The van der Waals surface area contributed by atoms with Gasteiger partial charge in [-0.15, -0.1) is 0 Å². The van der Waals surface area contributed by atoms with E-state index in [1.54, 1.807) is 23.9 Å². The van der Waals surface area contributed by atoms with Crippen LogP contribution in [0, 0.1) is 0 Å². The molecule has 2 aromatic heterocycles. The molecule has 0 aliphatic rings. The van der Waals surface area contributed by atoms with Gasteiger partial charge in [0.1, 0.15) is 5.52 Å². The summed E-state index contributed by atoms with van der Waals surface area (Å²) in [5.41, 5.74) is 7.63. The molecule has 2 rings (SSSR count). The minimum absolute atomic E-state index is 0.399. The van der Waals surface area contributed by atoms with Crippen LogP contribution in [0.5, 0.6) is 0 Å². The van der Waals surface area contributed by atoms with Gasteiger partial charge in [0.15, 0.2) is 5.65 Å². The average molecular weight is 183 g/mol. The van der Waals surface area contributed by atoms with Crippen molar-refractivity contribution in [1.82, 2.24) is 14.5 Å². The summed E-state index contributed by atoms with van der Waals surface area (Å²) in [6, 6.07) is 1.70. The number of fused-ring (bicyclic) bond motifs is 1. The average Bonchev–Trinajstić information content (AvgIpc) is 2.32. The highest BCUT2D eigenvalue weighted by molar-refractivity contribution is 6.29. The number of pyridine rings is 1. The van der Waals surface area contributed by atoms with Gasteiger partial charge in [0.05, 0.1) is 5.69 Å². The molecule has 0 unspecified atom stereocenters. The van der Waals surface area contributed by atoms with Crippen LogP contribution in [0.15, 0.2) is 12.3 Å². The van der Waals surface area contributed by atoms with Gasteiger partial charge in [-0.3, -0.25) is 0 Å². The molecule has 2 heterocycles. The molecule has 0 aliphatic carbocycles. The normalized spacial score (nSPS) is 10.8. The fourth-order valence-corrected chi connectivity index (χ4v) is 1.24. The zero-order valence-electron chi connectivity index (χ0n) is 6.45. The van der Waals surface area contributed by atoms with Gasteiger partial charge in [-0.1, -0.05) is 0 Å². The number of nitrogens with zero attached hydrogens (tertiary/aromatic N) is 3. The molecule has 0 saturated heterocycles. The Bertz CT molecular complexity index is 434. The number of nitrogens with two attached hydrogens (primary N) is 1. The molecule has 5 heteroatoms. The van der Waals surface area contributed by atoms with E-state index in [9.17, 15) is 0 Å². The minimum atomic E-state index is 0.399. The van der Waals surface area contributed by atoms with Crippen LogP contribution in [-0.2, 0) is 7.05 Å². The number of hydrogen-bond acceptors (Lipinski definition) is 3. The van der Waals surface area contributed by atoms with Gasteiger partial charge >= 0.3 is 0 Å². The monoisotopic (exact) mass is 182 g/mol. The quantitative estimate of drug-likeness (QED) is 0.666. The van der Waals surface area contributed by atoms with E-state index in [4.69, 9.17) is 17.3 Å². The number of halogens is 1. The van der Waals surface area contributed by atoms with E-state index >= 15 is 0 Å². The SMILES string of the molecule is Cn1c(Cl)nc2c(N)ccnc21. The Balaban J connectivity index is 2.95. The minimum Gasteiger partial charge on any atom is -0.397 e. The predicted molar refractivity (Wildman–Crippen MR) is 47.9 cm³/mol. The van der Waals surface area contributed by atoms with Gasteiger partial charge in [-0.25, -0.2) is 9.97 Å².